The van der Waals surface area contributed by atoms with Crippen LogP contribution in [0.1, 0.15) is 0 Å². The molecule has 0 unspecified atom stereocenters. The monoisotopic (exact) mass is 576 g/mol. The Morgan fingerprint density at radius 2 is 0.884 bits per heavy atom. The minimum atomic E-state index is 0.148. The first-order valence-electron chi connectivity index (χ1n) is 14.9. The van der Waals surface area contributed by atoms with Gasteiger partial charge in [-0.05, 0) is 91.3 Å². The Labute approximate surface area is 256 Å². The highest BCUT2D eigenvalue weighted by Crippen LogP contribution is 2.47. The van der Waals surface area contributed by atoms with Crippen LogP contribution in [0.15, 0.2) is 127 Å². The zero-order valence-corrected chi connectivity index (χ0v) is 24.7. The van der Waals surface area contributed by atoms with Gasteiger partial charge in [0.2, 0.25) is 6.71 Å². The third-order valence-electron chi connectivity index (χ3n) is 9.88. The Morgan fingerprint density at radius 1 is 0.395 bits per heavy atom. The van der Waals surface area contributed by atoms with Crippen molar-refractivity contribution in [2.75, 3.05) is 0 Å². The fraction of sp³-hybridized carbons (Fsp3) is 0. The van der Waals surface area contributed by atoms with E-state index in [1.54, 1.807) is 0 Å². The number of benzene rings is 7. The van der Waals surface area contributed by atoms with Crippen molar-refractivity contribution in [3.05, 3.63) is 127 Å². The molecule has 2 aliphatic heterocycles. The molecule has 0 saturated carbocycles. The van der Waals surface area contributed by atoms with Gasteiger partial charge >= 0.3 is 0 Å². The van der Waals surface area contributed by atoms with Crippen molar-refractivity contribution in [1.82, 2.24) is 0 Å². The normalized spacial score (nSPS) is 13.1. The summed E-state index contributed by atoms with van der Waals surface area (Å²) < 4.78 is 5.51. The topological polar surface area (TPSA) is 0 Å². The van der Waals surface area contributed by atoms with Gasteiger partial charge in [0, 0.05) is 29.6 Å². The third-order valence-corrected chi connectivity index (χ3v) is 12.1. The van der Waals surface area contributed by atoms with Crippen LogP contribution in [0.4, 0.5) is 0 Å². The second-order valence-corrected chi connectivity index (χ2v) is 14.1. The summed E-state index contributed by atoms with van der Waals surface area (Å²) in [4.78, 5) is 0. The molecule has 0 atom stereocenters. The van der Waals surface area contributed by atoms with E-state index < -0.39 is 0 Å². The Kier molecular flexibility index (Phi) is 4.26. The molecule has 2 aromatic heterocycles. The molecule has 2 aliphatic rings. The highest BCUT2D eigenvalue weighted by molar-refractivity contribution is 7.27. The number of rotatable bonds is 1. The smallest absolute Gasteiger partial charge is 0.135 e. The van der Waals surface area contributed by atoms with Gasteiger partial charge in [0.15, 0.2) is 0 Å². The van der Waals surface area contributed by atoms with Crippen LogP contribution in [0.25, 0.3) is 84.5 Å². The minimum absolute atomic E-state index is 0.148. The van der Waals surface area contributed by atoms with Crippen LogP contribution >= 0.6 is 22.7 Å². The molecule has 0 nitrogen and oxygen atoms in total. The van der Waals surface area contributed by atoms with Crippen LogP contribution in [-0.2, 0) is 0 Å². The molecule has 0 N–H and O–H groups in total. The van der Waals surface area contributed by atoms with Gasteiger partial charge in [-0.1, -0.05) is 107 Å². The van der Waals surface area contributed by atoms with E-state index in [1.807, 2.05) is 22.7 Å². The first-order valence-corrected chi connectivity index (χ1v) is 16.5. The predicted octanol–water partition coefficient (Wildman–Crippen LogP) is 9.72. The Hall–Kier alpha value is -4.70. The van der Waals surface area contributed by atoms with E-state index in [9.17, 15) is 0 Å². The summed E-state index contributed by atoms with van der Waals surface area (Å²) >= 11 is 3.87. The third kappa shape index (κ3) is 2.82. The van der Waals surface area contributed by atoms with Gasteiger partial charge in [0.25, 0.3) is 0 Å². The number of hydrogen-bond acceptors (Lipinski definition) is 2. The first-order chi connectivity index (χ1) is 21.3. The van der Waals surface area contributed by atoms with Gasteiger partial charge < -0.3 is 0 Å². The fourth-order valence-corrected chi connectivity index (χ4v) is 10.6. The van der Waals surface area contributed by atoms with Crippen LogP contribution < -0.4 is 16.4 Å². The number of fused-ring (bicyclic) bond motifs is 5. The lowest BCUT2D eigenvalue weighted by atomic mass is 9.35. The maximum absolute atomic E-state index is 2.51. The largest absolute Gasteiger partial charge is 0.244 e. The lowest BCUT2D eigenvalue weighted by molar-refractivity contribution is 1.64. The number of hydrogen-bond donors (Lipinski definition) is 0. The van der Waals surface area contributed by atoms with Crippen molar-refractivity contribution in [2.45, 2.75) is 0 Å². The van der Waals surface area contributed by atoms with Crippen molar-refractivity contribution >= 4 is 96.9 Å². The molecule has 0 aliphatic carbocycles. The predicted molar refractivity (Wildman–Crippen MR) is 191 cm³/mol. The Morgan fingerprint density at radius 3 is 1.51 bits per heavy atom. The zero-order chi connectivity index (χ0) is 27.8. The fourth-order valence-electron chi connectivity index (χ4n) is 8.24. The van der Waals surface area contributed by atoms with Gasteiger partial charge in [0.05, 0.1) is 0 Å². The molecule has 0 spiro atoms. The van der Waals surface area contributed by atoms with Gasteiger partial charge in [-0.2, -0.15) is 0 Å². The van der Waals surface area contributed by atoms with E-state index in [0.717, 1.165) is 0 Å². The molecule has 0 radical (unpaired) electrons. The van der Waals surface area contributed by atoms with E-state index in [0.29, 0.717) is 0 Å². The first kappa shape index (κ1) is 22.8. The Bertz CT molecular complexity index is 2540. The molecule has 3 heteroatoms. The SMILES string of the molecule is c1ccc2c(-c3cc4c5c(c3)-c3cccc6sc7cccc(c7c36)B5c3cccc5sc6cccc-4c6c35)cccc2c1. The highest BCUT2D eigenvalue weighted by Gasteiger charge is 2.37. The van der Waals surface area contributed by atoms with Crippen LogP contribution in [0.2, 0.25) is 0 Å². The molecule has 4 heterocycles. The molecule has 0 fully saturated rings. The van der Waals surface area contributed by atoms with Crippen molar-refractivity contribution in [3.63, 3.8) is 0 Å². The standard InChI is InChI=1S/C40H21BS2/c1-2-10-24-22(8-1)9-3-11-25(24)23-20-28-26-12-4-16-32-36(26)38-30(14-6-18-34(38)42-32)41-31-15-7-19-35-39(31)37-27(29(21-23)40(28)41)13-5-17-33(37)43-35/h1-21H. The van der Waals surface area contributed by atoms with E-state index in [2.05, 4.69) is 127 Å². The van der Waals surface area contributed by atoms with Crippen molar-refractivity contribution in [1.29, 1.82) is 0 Å². The quantitative estimate of drug-likeness (QED) is 0.171. The molecule has 9 aromatic rings. The zero-order valence-electron chi connectivity index (χ0n) is 23.0. The maximum atomic E-state index is 2.51. The molecule has 7 aromatic carbocycles. The maximum Gasteiger partial charge on any atom is 0.244 e. The summed E-state index contributed by atoms with van der Waals surface area (Å²) in [6.45, 7) is 0.148. The van der Waals surface area contributed by atoms with Crippen LogP contribution in [0.3, 0.4) is 0 Å². The number of thiophene rings is 2. The summed E-state index contributed by atoms with van der Waals surface area (Å²) in [5.74, 6) is 0. The van der Waals surface area contributed by atoms with E-state index in [-0.39, 0.29) is 6.71 Å². The van der Waals surface area contributed by atoms with Crippen LogP contribution in [-0.4, -0.2) is 6.71 Å². The summed E-state index contributed by atoms with van der Waals surface area (Å²) in [6.07, 6.45) is 0. The molecule has 0 amide bonds. The minimum Gasteiger partial charge on any atom is -0.135 e. The molecule has 0 saturated heterocycles. The molecule has 11 rings (SSSR count). The summed E-state index contributed by atoms with van der Waals surface area (Å²) in [7, 11) is 0. The van der Waals surface area contributed by atoms with E-state index in [1.165, 1.54) is 101 Å². The van der Waals surface area contributed by atoms with Gasteiger partial charge in [-0.15, -0.1) is 22.7 Å². The van der Waals surface area contributed by atoms with Crippen molar-refractivity contribution in [2.24, 2.45) is 0 Å². The second-order valence-electron chi connectivity index (χ2n) is 11.9. The summed E-state index contributed by atoms with van der Waals surface area (Å²) in [6, 6.07) is 48.5. The highest BCUT2D eigenvalue weighted by atomic mass is 32.1. The Balaban J connectivity index is 1.41. The van der Waals surface area contributed by atoms with Crippen LogP contribution in [0.5, 0.6) is 0 Å². The van der Waals surface area contributed by atoms with Gasteiger partial charge in [-0.3, -0.25) is 0 Å². The van der Waals surface area contributed by atoms with Gasteiger partial charge in [-0.25, -0.2) is 0 Å². The second kappa shape index (κ2) is 8.02. The van der Waals surface area contributed by atoms with Crippen molar-refractivity contribution in [3.8, 4) is 33.4 Å². The average molecular weight is 577 g/mol. The van der Waals surface area contributed by atoms with Crippen molar-refractivity contribution < 1.29 is 0 Å². The van der Waals surface area contributed by atoms with Gasteiger partial charge in [0.1, 0.15) is 0 Å². The van der Waals surface area contributed by atoms with Crippen LogP contribution in [0, 0.1) is 0 Å². The average Bonchev–Trinajstić information content (AvgIpc) is 3.56. The molecule has 196 valence electrons. The van der Waals surface area contributed by atoms with E-state index in [4.69, 9.17) is 0 Å². The van der Waals surface area contributed by atoms with E-state index >= 15 is 0 Å². The summed E-state index contributed by atoms with van der Waals surface area (Å²) in [5.41, 5.74) is 12.4. The summed E-state index contributed by atoms with van der Waals surface area (Å²) in [5, 5.41) is 8.29. The molecule has 43 heavy (non-hydrogen) atoms. The molecular formula is C40H21BS2. The lowest BCUT2D eigenvalue weighted by Crippen LogP contribution is -2.52. The molecule has 0 bridgehead atoms. The molecular weight excluding hydrogens is 555 g/mol. The lowest BCUT2D eigenvalue weighted by Gasteiger charge is -2.22.